The van der Waals surface area contributed by atoms with Crippen LogP contribution in [0.15, 0.2) is 11.4 Å². The molecular weight excluding hydrogens is 242 g/mol. The fraction of sp³-hybridized carbons (Fsp3) is 0.333. The summed E-state index contributed by atoms with van der Waals surface area (Å²) in [5.41, 5.74) is 0.319. The summed E-state index contributed by atoms with van der Waals surface area (Å²) >= 11 is 1.41. The number of carboxylic acid groups (broad SMARTS) is 1. The van der Waals surface area contributed by atoms with Gasteiger partial charge in [-0.2, -0.15) is 5.21 Å². The van der Waals surface area contributed by atoms with Gasteiger partial charge in [0, 0.05) is 16.8 Å². The Labute approximate surface area is 101 Å². The highest BCUT2D eigenvalue weighted by Crippen LogP contribution is 2.15. The van der Waals surface area contributed by atoms with Gasteiger partial charge in [-0.3, -0.25) is 0 Å². The maximum Gasteiger partial charge on any atom is 0.336 e. The number of thiophene rings is 1. The third-order valence-electron chi connectivity index (χ3n) is 2.23. The Bertz CT molecular complexity index is 495. The lowest BCUT2D eigenvalue weighted by atomic mass is 10.3. The van der Waals surface area contributed by atoms with Crippen molar-refractivity contribution in [2.24, 2.45) is 0 Å². The summed E-state index contributed by atoms with van der Waals surface area (Å²) < 4.78 is 0. The first-order valence-electron chi connectivity index (χ1n) is 4.94. The predicted octanol–water partition coefficient (Wildman–Crippen LogP) is 0.810. The van der Waals surface area contributed by atoms with Crippen LogP contribution in [0.1, 0.15) is 34.0 Å². The molecule has 3 N–H and O–H groups in total. The zero-order valence-electron chi connectivity index (χ0n) is 9.04. The number of nitrogens with zero attached hydrogens (tertiary/aromatic N) is 3. The molecule has 0 aliphatic rings. The van der Waals surface area contributed by atoms with E-state index < -0.39 is 5.97 Å². The zero-order valence-corrected chi connectivity index (χ0v) is 9.86. The van der Waals surface area contributed by atoms with Crippen LogP contribution in [0.4, 0.5) is 0 Å². The molecule has 0 amide bonds. The number of rotatable bonds is 5. The lowest BCUT2D eigenvalue weighted by molar-refractivity contribution is 0.0697. The largest absolute Gasteiger partial charge is 0.478 e. The van der Waals surface area contributed by atoms with E-state index in [0.29, 0.717) is 17.9 Å². The van der Waals surface area contributed by atoms with Crippen LogP contribution >= 0.6 is 11.3 Å². The molecule has 2 aromatic rings. The van der Waals surface area contributed by atoms with Crippen LogP contribution in [0.25, 0.3) is 0 Å². The first kappa shape index (κ1) is 11.7. The van der Waals surface area contributed by atoms with E-state index in [9.17, 15) is 4.79 Å². The molecule has 0 fully saturated rings. The van der Waals surface area contributed by atoms with Gasteiger partial charge < -0.3 is 10.4 Å². The lowest BCUT2D eigenvalue weighted by Crippen LogP contribution is -2.18. The number of nitrogens with one attached hydrogen (secondary N) is 2. The van der Waals surface area contributed by atoms with E-state index in [-0.39, 0.29) is 6.04 Å². The van der Waals surface area contributed by atoms with Crippen LogP contribution in [-0.4, -0.2) is 31.7 Å². The van der Waals surface area contributed by atoms with Crippen molar-refractivity contribution in [1.82, 2.24) is 25.9 Å². The van der Waals surface area contributed by atoms with Crippen molar-refractivity contribution >= 4 is 17.3 Å². The maximum absolute atomic E-state index is 10.7. The van der Waals surface area contributed by atoms with Crippen molar-refractivity contribution in [3.63, 3.8) is 0 Å². The van der Waals surface area contributed by atoms with E-state index in [1.54, 1.807) is 11.4 Å². The van der Waals surface area contributed by atoms with Gasteiger partial charge in [-0.15, -0.1) is 21.5 Å². The van der Waals surface area contributed by atoms with Gasteiger partial charge >= 0.3 is 5.97 Å². The molecule has 0 aromatic carbocycles. The summed E-state index contributed by atoms with van der Waals surface area (Å²) in [6, 6.07) is 1.62. The van der Waals surface area contributed by atoms with Crippen LogP contribution in [0.2, 0.25) is 0 Å². The molecule has 90 valence electrons. The second kappa shape index (κ2) is 5.02. The van der Waals surface area contributed by atoms with Crippen molar-refractivity contribution in [2.75, 3.05) is 0 Å². The van der Waals surface area contributed by atoms with Gasteiger partial charge in [0.1, 0.15) is 0 Å². The van der Waals surface area contributed by atoms with E-state index in [1.807, 2.05) is 6.92 Å². The summed E-state index contributed by atoms with van der Waals surface area (Å²) in [6.07, 6.45) is 0. The first-order valence-corrected chi connectivity index (χ1v) is 5.82. The fourth-order valence-electron chi connectivity index (χ4n) is 1.28. The molecule has 17 heavy (non-hydrogen) atoms. The Kier molecular flexibility index (Phi) is 3.45. The number of tetrazole rings is 1. The van der Waals surface area contributed by atoms with Crippen LogP contribution in [0, 0.1) is 0 Å². The van der Waals surface area contributed by atoms with Gasteiger partial charge in [0.2, 0.25) is 0 Å². The van der Waals surface area contributed by atoms with Crippen molar-refractivity contribution in [1.29, 1.82) is 0 Å². The molecule has 0 saturated heterocycles. The number of carbonyl (C=O) groups is 1. The molecule has 0 saturated carbocycles. The molecule has 2 heterocycles. The molecule has 0 aliphatic heterocycles. The van der Waals surface area contributed by atoms with E-state index in [0.717, 1.165) is 4.88 Å². The molecule has 2 aromatic heterocycles. The van der Waals surface area contributed by atoms with Crippen LogP contribution in [0.3, 0.4) is 0 Å². The molecule has 0 bridgehead atoms. The number of hydrogen-bond donors (Lipinski definition) is 3. The van der Waals surface area contributed by atoms with E-state index in [1.165, 1.54) is 11.3 Å². The highest BCUT2D eigenvalue weighted by Gasteiger charge is 2.11. The first-order chi connectivity index (χ1) is 8.16. The molecular formula is C9H11N5O2S. The molecule has 0 aliphatic carbocycles. The Balaban J connectivity index is 1.91. The summed E-state index contributed by atoms with van der Waals surface area (Å²) in [5, 5.41) is 27.2. The number of aromatic amines is 1. The van der Waals surface area contributed by atoms with E-state index in [2.05, 4.69) is 25.9 Å². The Morgan fingerprint density at radius 3 is 3.12 bits per heavy atom. The van der Waals surface area contributed by atoms with Crippen LogP contribution in [0.5, 0.6) is 0 Å². The van der Waals surface area contributed by atoms with Crippen LogP contribution < -0.4 is 5.32 Å². The molecule has 2 rings (SSSR count). The summed E-state index contributed by atoms with van der Waals surface area (Å²) in [4.78, 5) is 11.6. The maximum atomic E-state index is 10.7. The SMILES string of the molecule is CC(NCc1cc(C(=O)O)cs1)c1nn[nH]n1. The monoisotopic (exact) mass is 253 g/mol. The van der Waals surface area contributed by atoms with Crippen molar-refractivity contribution < 1.29 is 9.90 Å². The Hall–Kier alpha value is -1.80. The molecule has 0 radical (unpaired) electrons. The highest BCUT2D eigenvalue weighted by molar-refractivity contribution is 7.10. The highest BCUT2D eigenvalue weighted by atomic mass is 32.1. The molecule has 7 nitrogen and oxygen atoms in total. The number of H-pyrrole nitrogens is 1. The molecule has 1 atom stereocenters. The number of carboxylic acids is 1. The summed E-state index contributed by atoms with van der Waals surface area (Å²) in [5.74, 6) is -0.321. The lowest BCUT2D eigenvalue weighted by Gasteiger charge is -2.07. The second-order valence-electron chi connectivity index (χ2n) is 3.48. The molecule has 0 spiro atoms. The minimum atomic E-state index is -0.904. The quantitative estimate of drug-likeness (QED) is 0.728. The van der Waals surface area contributed by atoms with Gasteiger partial charge in [-0.25, -0.2) is 4.79 Å². The minimum Gasteiger partial charge on any atom is -0.478 e. The van der Waals surface area contributed by atoms with Gasteiger partial charge in [-0.1, -0.05) is 5.21 Å². The smallest absolute Gasteiger partial charge is 0.336 e. The van der Waals surface area contributed by atoms with Crippen molar-refractivity contribution in [2.45, 2.75) is 19.5 Å². The Morgan fingerprint density at radius 1 is 1.71 bits per heavy atom. The second-order valence-corrected chi connectivity index (χ2v) is 4.48. The minimum absolute atomic E-state index is 0.0378. The topological polar surface area (TPSA) is 104 Å². The normalized spacial score (nSPS) is 12.5. The third-order valence-corrected chi connectivity index (χ3v) is 3.17. The van der Waals surface area contributed by atoms with E-state index >= 15 is 0 Å². The zero-order chi connectivity index (χ0) is 12.3. The molecule has 1 unspecified atom stereocenters. The number of aromatic carboxylic acids is 1. The average molecular weight is 253 g/mol. The standard InChI is InChI=1S/C9H11N5O2S/c1-5(8-11-13-14-12-8)10-3-7-2-6(4-17-7)9(15)16/h2,4-5,10H,3H2,1H3,(H,15,16)(H,11,12,13,14). The number of hydrogen-bond acceptors (Lipinski definition) is 6. The average Bonchev–Trinajstić information content (AvgIpc) is 2.97. The number of aromatic nitrogens is 4. The third kappa shape index (κ3) is 2.86. The predicted molar refractivity (Wildman–Crippen MR) is 60.7 cm³/mol. The van der Waals surface area contributed by atoms with Gasteiger partial charge in [0.05, 0.1) is 11.6 Å². The van der Waals surface area contributed by atoms with Gasteiger partial charge in [0.25, 0.3) is 0 Å². The van der Waals surface area contributed by atoms with E-state index in [4.69, 9.17) is 5.11 Å². The molecule has 8 heteroatoms. The van der Waals surface area contributed by atoms with Gasteiger partial charge in [-0.05, 0) is 13.0 Å². The summed E-state index contributed by atoms with van der Waals surface area (Å²) in [6.45, 7) is 2.49. The van der Waals surface area contributed by atoms with Crippen molar-refractivity contribution in [3.05, 3.63) is 27.7 Å². The fourth-order valence-corrected chi connectivity index (χ4v) is 2.09. The van der Waals surface area contributed by atoms with Crippen molar-refractivity contribution in [3.8, 4) is 0 Å². The summed E-state index contributed by atoms with van der Waals surface area (Å²) in [7, 11) is 0. The van der Waals surface area contributed by atoms with Gasteiger partial charge in [0.15, 0.2) is 5.82 Å². The Morgan fingerprint density at radius 2 is 2.53 bits per heavy atom. The van der Waals surface area contributed by atoms with Crippen LogP contribution in [-0.2, 0) is 6.54 Å².